The molecule has 3 nitrogen and oxygen atoms in total. The highest BCUT2D eigenvalue weighted by atomic mass is 15.0. The van der Waals surface area contributed by atoms with E-state index in [0.29, 0.717) is 17.5 Å². The quantitative estimate of drug-likeness (QED) is 0.166. The van der Waals surface area contributed by atoms with Gasteiger partial charge in [0.25, 0.3) is 0 Å². The smallest absolute Gasteiger partial charge is 0.164 e. The molecule has 0 N–H and O–H groups in total. The summed E-state index contributed by atoms with van der Waals surface area (Å²) < 4.78 is 0. The molecule has 0 fully saturated rings. The maximum Gasteiger partial charge on any atom is 0.164 e. The molecule has 0 amide bonds. The summed E-state index contributed by atoms with van der Waals surface area (Å²) >= 11 is 0. The van der Waals surface area contributed by atoms with Gasteiger partial charge in [-0.3, -0.25) is 0 Å². The average molecular weight is 728 g/mol. The number of hydrogen-bond donors (Lipinski definition) is 0. The summed E-state index contributed by atoms with van der Waals surface area (Å²) in [7, 11) is 0. The number of hydrogen-bond acceptors (Lipinski definition) is 3. The molecular formula is C54H37N3. The largest absolute Gasteiger partial charge is 0.208 e. The van der Waals surface area contributed by atoms with E-state index in [1.807, 2.05) is 24.3 Å². The van der Waals surface area contributed by atoms with E-state index in [1.165, 1.54) is 71.3 Å². The molecule has 0 radical (unpaired) electrons. The summed E-state index contributed by atoms with van der Waals surface area (Å²) in [6.45, 7) is 4.68. The Morgan fingerprint density at radius 2 is 0.772 bits per heavy atom. The van der Waals surface area contributed by atoms with Crippen LogP contribution in [-0.4, -0.2) is 15.0 Å². The Balaban J connectivity index is 1.10. The minimum atomic E-state index is -0.0383. The fraction of sp³-hybridized carbons (Fsp3) is 0.0556. The van der Waals surface area contributed by atoms with E-state index in [2.05, 4.69) is 178 Å². The van der Waals surface area contributed by atoms with Gasteiger partial charge in [0.05, 0.1) is 0 Å². The van der Waals surface area contributed by atoms with Gasteiger partial charge in [-0.15, -0.1) is 0 Å². The SMILES string of the molecule is CC1(C)c2ccccc2-c2cc(-c3cccc4c5ccccc5c5cc(-c6nc(-c7ccccc7)nc(-c7ccc(-c8ccccc8)cc7)n6)ccc5c34)ccc21. The Hall–Kier alpha value is -7.23. The molecule has 11 rings (SSSR count). The van der Waals surface area contributed by atoms with Crippen molar-refractivity contribution in [3.8, 4) is 67.5 Å². The van der Waals surface area contributed by atoms with Gasteiger partial charge in [0.2, 0.25) is 0 Å². The highest BCUT2D eigenvalue weighted by molar-refractivity contribution is 6.28. The van der Waals surface area contributed by atoms with Gasteiger partial charge in [0.15, 0.2) is 17.5 Å². The van der Waals surface area contributed by atoms with E-state index >= 15 is 0 Å². The van der Waals surface area contributed by atoms with Crippen molar-refractivity contribution in [3.63, 3.8) is 0 Å². The molecule has 1 aromatic heterocycles. The molecule has 1 aliphatic carbocycles. The number of fused-ring (bicyclic) bond motifs is 9. The topological polar surface area (TPSA) is 38.7 Å². The van der Waals surface area contributed by atoms with Crippen LogP contribution >= 0.6 is 0 Å². The molecule has 268 valence electrons. The van der Waals surface area contributed by atoms with Crippen LogP contribution < -0.4 is 0 Å². The molecule has 10 aromatic rings. The molecule has 0 saturated carbocycles. The predicted octanol–water partition coefficient (Wildman–Crippen LogP) is 14.0. The standard InChI is InChI=1S/C54H37N3/c1-54(2)48-23-12-11-20-43(48)47-32-38(29-31-49(47)54)40-21-13-22-44-41-18-9-10-19-42(41)46-33-39(28-30-45(46)50(40)44)53-56-51(36-16-7-4-8-17-36)55-52(57-53)37-26-24-35(25-27-37)34-14-5-3-6-15-34/h3-33H,1-2H3. The second kappa shape index (κ2) is 12.9. The predicted molar refractivity (Wildman–Crippen MR) is 237 cm³/mol. The molecule has 0 spiro atoms. The normalized spacial score (nSPS) is 12.9. The molecule has 57 heavy (non-hydrogen) atoms. The van der Waals surface area contributed by atoms with Crippen molar-refractivity contribution in [1.82, 2.24) is 15.0 Å². The number of rotatable bonds is 5. The van der Waals surface area contributed by atoms with E-state index < -0.39 is 0 Å². The molecule has 0 atom stereocenters. The molecular weight excluding hydrogens is 691 g/mol. The molecule has 0 unspecified atom stereocenters. The van der Waals surface area contributed by atoms with Crippen LogP contribution in [0.5, 0.6) is 0 Å². The molecule has 0 bridgehead atoms. The van der Waals surface area contributed by atoms with Crippen molar-refractivity contribution in [1.29, 1.82) is 0 Å². The highest BCUT2D eigenvalue weighted by Gasteiger charge is 2.35. The van der Waals surface area contributed by atoms with Crippen LogP contribution in [0.25, 0.3) is 99.9 Å². The van der Waals surface area contributed by atoms with Gasteiger partial charge in [0, 0.05) is 22.1 Å². The highest BCUT2D eigenvalue weighted by Crippen LogP contribution is 2.50. The average Bonchev–Trinajstić information content (AvgIpc) is 3.51. The van der Waals surface area contributed by atoms with E-state index in [1.54, 1.807) is 0 Å². The van der Waals surface area contributed by atoms with Gasteiger partial charge in [-0.25, -0.2) is 15.0 Å². The fourth-order valence-corrected chi connectivity index (χ4v) is 9.07. The van der Waals surface area contributed by atoms with Crippen LogP contribution in [0, 0.1) is 0 Å². The van der Waals surface area contributed by atoms with E-state index in [0.717, 1.165) is 22.3 Å². The zero-order chi connectivity index (χ0) is 38.1. The third-order valence-corrected chi connectivity index (χ3v) is 11.9. The first-order valence-electron chi connectivity index (χ1n) is 19.6. The van der Waals surface area contributed by atoms with Crippen molar-refractivity contribution in [2.45, 2.75) is 19.3 Å². The zero-order valence-corrected chi connectivity index (χ0v) is 31.7. The molecule has 1 aliphatic rings. The Kier molecular flexibility index (Phi) is 7.52. The lowest BCUT2D eigenvalue weighted by atomic mass is 9.82. The minimum absolute atomic E-state index is 0.0383. The summed E-state index contributed by atoms with van der Waals surface area (Å²) in [5.74, 6) is 1.94. The third-order valence-electron chi connectivity index (χ3n) is 11.9. The second-order valence-corrected chi connectivity index (χ2v) is 15.6. The van der Waals surface area contributed by atoms with Crippen molar-refractivity contribution in [2.75, 3.05) is 0 Å². The van der Waals surface area contributed by atoms with Gasteiger partial charge >= 0.3 is 0 Å². The van der Waals surface area contributed by atoms with Crippen LogP contribution in [0.4, 0.5) is 0 Å². The lowest BCUT2D eigenvalue weighted by Gasteiger charge is -2.21. The summed E-state index contributed by atoms with van der Waals surface area (Å²) in [6.07, 6.45) is 0. The molecule has 1 heterocycles. The minimum Gasteiger partial charge on any atom is -0.208 e. The molecule has 0 aliphatic heterocycles. The lowest BCUT2D eigenvalue weighted by molar-refractivity contribution is 0.660. The second-order valence-electron chi connectivity index (χ2n) is 15.6. The fourth-order valence-electron chi connectivity index (χ4n) is 9.07. The van der Waals surface area contributed by atoms with Crippen LogP contribution in [0.15, 0.2) is 188 Å². The monoisotopic (exact) mass is 727 g/mol. The van der Waals surface area contributed by atoms with Gasteiger partial charge in [-0.2, -0.15) is 0 Å². The Morgan fingerprint density at radius 3 is 1.51 bits per heavy atom. The van der Waals surface area contributed by atoms with Crippen molar-refractivity contribution < 1.29 is 0 Å². The van der Waals surface area contributed by atoms with Crippen LogP contribution in [0.3, 0.4) is 0 Å². The van der Waals surface area contributed by atoms with Crippen molar-refractivity contribution in [2.24, 2.45) is 0 Å². The van der Waals surface area contributed by atoms with Crippen molar-refractivity contribution >= 4 is 32.3 Å². The van der Waals surface area contributed by atoms with Gasteiger partial charge in [0.1, 0.15) is 0 Å². The van der Waals surface area contributed by atoms with Crippen LogP contribution in [0.2, 0.25) is 0 Å². The Bertz CT molecular complexity index is 3180. The first-order chi connectivity index (χ1) is 28.0. The number of benzene rings is 9. The van der Waals surface area contributed by atoms with E-state index in [9.17, 15) is 0 Å². The molecule has 3 heteroatoms. The number of nitrogens with zero attached hydrogens (tertiary/aromatic N) is 3. The first kappa shape index (κ1) is 33.1. The van der Waals surface area contributed by atoms with Gasteiger partial charge in [-0.1, -0.05) is 190 Å². The molecule has 0 saturated heterocycles. The third kappa shape index (κ3) is 5.38. The first-order valence-corrected chi connectivity index (χ1v) is 19.6. The number of aromatic nitrogens is 3. The Morgan fingerprint density at radius 1 is 0.298 bits per heavy atom. The van der Waals surface area contributed by atoms with Gasteiger partial charge < -0.3 is 0 Å². The maximum absolute atomic E-state index is 5.16. The summed E-state index contributed by atoms with van der Waals surface area (Å²) in [6, 6.07) is 67.3. The van der Waals surface area contributed by atoms with E-state index in [-0.39, 0.29) is 5.41 Å². The van der Waals surface area contributed by atoms with Crippen molar-refractivity contribution in [3.05, 3.63) is 199 Å². The van der Waals surface area contributed by atoms with Gasteiger partial charge in [-0.05, 0) is 89.0 Å². The summed E-state index contributed by atoms with van der Waals surface area (Å²) in [4.78, 5) is 15.3. The molecule has 9 aromatic carbocycles. The Labute approximate surface area is 332 Å². The maximum atomic E-state index is 5.16. The zero-order valence-electron chi connectivity index (χ0n) is 31.7. The van der Waals surface area contributed by atoms with E-state index in [4.69, 9.17) is 15.0 Å². The lowest BCUT2D eigenvalue weighted by Crippen LogP contribution is -2.14. The van der Waals surface area contributed by atoms with Crippen LogP contribution in [0.1, 0.15) is 25.0 Å². The summed E-state index contributed by atoms with van der Waals surface area (Å²) in [5.41, 5.74) is 13.0. The summed E-state index contributed by atoms with van der Waals surface area (Å²) in [5, 5.41) is 7.31. The van der Waals surface area contributed by atoms with Crippen LogP contribution in [-0.2, 0) is 5.41 Å².